The molecule has 2 unspecified atom stereocenters. The number of fused-ring (bicyclic) bond motifs is 1. The zero-order valence-corrected chi connectivity index (χ0v) is 12.5. The molecule has 1 aromatic carbocycles. The molecule has 0 radical (unpaired) electrons. The third kappa shape index (κ3) is 3.08. The zero-order chi connectivity index (χ0) is 15.6. The molecule has 0 saturated carbocycles. The fourth-order valence-corrected chi connectivity index (χ4v) is 2.88. The third-order valence-corrected chi connectivity index (χ3v) is 4.18. The van der Waals surface area contributed by atoms with Gasteiger partial charge in [0.25, 0.3) is 0 Å². The van der Waals surface area contributed by atoms with E-state index >= 15 is 0 Å². The van der Waals surface area contributed by atoms with Crippen molar-refractivity contribution in [2.75, 3.05) is 13.1 Å². The zero-order valence-electron chi connectivity index (χ0n) is 12.5. The molecule has 2 rings (SSSR count). The molecule has 0 aliphatic carbocycles. The number of aliphatic carboxylic acids is 1. The lowest BCUT2D eigenvalue weighted by molar-refractivity contribution is -0.143. The van der Waals surface area contributed by atoms with Crippen molar-refractivity contribution in [2.24, 2.45) is 17.6 Å². The van der Waals surface area contributed by atoms with Crippen LogP contribution < -0.4 is 5.73 Å². The molecule has 1 aliphatic rings. The number of carbonyl (C=O) groups excluding carboxylic acids is 1. The highest BCUT2D eigenvalue weighted by molar-refractivity contribution is 5.83. The largest absolute Gasteiger partial charge is 0.481 e. The summed E-state index contributed by atoms with van der Waals surface area (Å²) in [7, 11) is 0. The molecule has 5 nitrogen and oxygen atoms in total. The predicted molar refractivity (Wildman–Crippen MR) is 79.6 cm³/mol. The van der Waals surface area contributed by atoms with Gasteiger partial charge in [-0.05, 0) is 17.0 Å². The van der Waals surface area contributed by atoms with Gasteiger partial charge in [0, 0.05) is 19.6 Å². The molecule has 0 spiro atoms. The van der Waals surface area contributed by atoms with Crippen molar-refractivity contribution in [1.29, 1.82) is 0 Å². The Kier molecular flexibility index (Phi) is 4.63. The topological polar surface area (TPSA) is 83.6 Å². The molecule has 1 heterocycles. The van der Waals surface area contributed by atoms with Gasteiger partial charge < -0.3 is 15.7 Å². The molecule has 0 bridgehead atoms. The van der Waals surface area contributed by atoms with Crippen LogP contribution in [0.3, 0.4) is 0 Å². The highest BCUT2D eigenvalue weighted by Crippen LogP contribution is 2.30. The van der Waals surface area contributed by atoms with Crippen LogP contribution in [-0.2, 0) is 16.1 Å². The van der Waals surface area contributed by atoms with Crippen molar-refractivity contribution in [3.8, 4) is 0 Å². The predicted octanol–water partition coefficient (Wildman–Crippen LogP) is 1.43. The fourth-order valence-electron chi connectivity index (χ4n) is 2.88. The molecule has 1 aliphatic heterocycles. The van der Waals surface area contributed by atoms with Gasteiger partial charge in [-0.25, -0.2) is 0 Å². The summed E-state index contributed by atoms with van der Waals surface area (Å²) < 4.78 is 0. The summed E-state index contributed by atoms with van der Waals surface area (Å²) in [5.74, 6) is -1.72. The Morgan fingerprint density at radius 2 is 2.05 bits per heavy atom. The summed E-state index contributed by atoms with van der Waals surface area (Å²) in [6.45, 7) is 4.88. The van der Waals surface area contributed by atoms with E-state index in [2.05, 4.69) is 0 Å². The average molecular weight is 290 g/mol. The molecule has 1 amide bonds. The van der Waals surface area contributed by atoms with Gasteiger partial charge in [-0.1, -0.05) is 38.1 Å². The Labute approximate surface area is 124 Å². The molecule has 5 heteroatoms. The summed E-state index contributed by atoms with van der Waals surface area (Å²) in [6, 6.07) is 7.42. The lowest BCUT2D eigenvalue weighted by Crippen LogP contribution is -2.46. The van der Waals surface area contributed by atoms with Crippen molar-refractivity contribution < 1.29 is 14.7 Å². The average Bonchev–Trinajstić information content (AvgIpc) is 2.46. The van der Waals surface area contributed by atoms with Gasteiger partial charge in [0.1, 0.15) is 0 Å². The third-order valence-electron chi connectivity index (χ3n) is 4.18. The smallest absolute Gasteiger partial charge is 0.312 e. The monoisotopic (exact) mass is 290 g/mol. The first-order valence-corrected chi connectivity index (χ1v) is 7.25. The summed E-state index contributed by atoms with van der Waals surface area (Å²) in [5.41, 5.74) is 7.42. The lowest BCUT2D eigenvalue weighted by Gasteiger charge is -2.35. The van der Waals surface area contributed by atoms with Crippen molar-refractivity contribution in [3.05, 3.63) is 35.4 Å². The van der Waals surface area contributed by atoms with Crippen LogP contribution in [0.4, 0.5) is 0 Å². The first-order valence-electron chi connectivity index (χ1n) is 7.25. The number of rotatable bonds is 4. The Morgan fingerprint density at radius 1 is 1.38 bits per heavy atom. The van der Waals surface area contributed by atoms with E-state index in [0.29, 0.717) is 6.54 Å². The van der Waals surface area contributed by atoms with Crippen LogP contribution in [-0.4, -0.2) is 35.0 Å². The highest BCUT2D eigenvalue weighted by atomic mass is 16.4. The van der Waals surface area contributed by atoms with E-state index in [0.717, 1.165) is 11.1 Å². The van der Waals surface area contributed by atoms with Gasteiger partial charge >= 0.3 is 5.97 Å². The van der Waals surface area contributed by atoms with E-state index in [1.165, 1.54) is 0 Å². The van der Waals surface area contributed by atoms with Crippen molar-refractivity contribution in [3.63, 3.8) is 0 Å². The minimum Gasteiger partial charge on any atom is -0.481 e. The number of carbonyl (C=O) groups is 2. The number of nitrogens with zero attached hydrogens (tertiary/aromatic N) is 1. The van der Waals surface area contributed by atoms with Crippen LogP contribution >= 0.6 is 0 Å². The molecule has 2 atom stereocenters. The van der Waals surface area contributed by atoms with Crippen molar-refractivity contribution in [1.82, 2.24) is 4.90 Å². The van der Waals surface area contributed by atoms with Crippen LogP contribution in [0.2, 0.25) is 0 Å². The minimum absolute atomic E-state index is 0.0479. The van der Waals surface area contributed by atoms with E-state index in [1.54, 1.807) is 4.90 Å². The second kappa shape index (κ2) is 6.26. The first kappa shape index (κ1) is 15.5. The molecule has 3 N–H and O–H groups in total. The van der Waals surface area contributed by atoms with Crippen LogP contribution in [0.25, 0.3) is 0 Å². The maximum absolute atomic E-state index is 12.6. The number of carboxylic acids is 1. The molecular weight excluding hydrogens is 268 g/mol. The minimum atomic E-state index is -0.895. The van der Waals surface area contributed by atoms with E-state index in [1.807, 2.05) is 38.1 Å². The van der Waals surface area contributed by atoms with E-state index < -0.39 is 11.9 Å². The summed E-state index contributed by atoms with van der Waals surface area (Å²) in [5, 5.41) is 9.43. The van der Waals surface area contributed by atoms with Gasteiger partial charge in [0.2, 0.25) is 5.91 Å². The maximum atomic E-state index is 12.6. The second-order valence-electron chi connectivity index (χ2n) is 5.89. The maximum Gasteiger partial charge on any atom is 0.312 e. The molecule has 0 saturated heterocycles. The molecule has 21 heavy (non-hydrogen) atoms. The SMILES string of the molecule is CC(C)C(CN)C(=O)N1Cc2ccccc2C(C(=O)O)C1. The number of hydrogen-bond acceptors (Lipinski definition) is 3. The number of amides is 1. The van der Waals surface area contributed by atoms with Gasteiger partial charge in [-0.3, -0.25) is 9.59 Å². The quantitative estimate of drug-likeness (QED) is 0.878. The lowest BCUT2D eigenvalue weighted by atomic mass is 9.87. The fraction of sp³-hybridized carbons (Fsp3) is 0.500. The van der Waals surface area contributed by atoms with E-state index in [9.17, 15) is 14.7 Å². The van der Waals surface area contributed by atoms with Gasteiger partial charge in [-0.15, -0.1) is 0 Å². The Bertz CT molecular complexity index is 542. The Hall–Kier alpha value is -1.88. The van der Waals surface area contributed by atoms with E-state index in [-0.39, 0.29) is 30.8 Å². The van der Waals surface area contributed by atoms with Gasteiger partial charge in [0.15, 0.2) is 0 Å². The number of benzene rings is 1. The van der Waals surface area contributed by atoms with Crippen LogP contribution in [0.15, 0.2) is 24.3 Å². The molecule has 1 aromatic rings. The standard InChI is InChI=1S/C16H22N2O3/c1-10(2)13(7-17)15(19)18-8-11-5-3-4-6-12(11)14(9-18)16(20)21/h3-6,10,13-14H,7-9,17H2,1-2H3,(H,20,21). The van der Waals surface area contributed by atoms with Crippen LogP contribution in [0.5, 0.6) is 0 Å². The highest BCUT2D eigenvalue weighted by Gasteiger charge is 2.35. The van der Waals surface area contributed by atoms with E-state index in [4.69, 9.17) is 5.73 Å². The second-order valence-corrected chi connectivity index (χ2v) is 5.89. The number of hydrogen-bond donors (Lipinski definition) is 2. The van der Waals surface area contributed by atoms with Crippen molar-refractivity contribution >= 4 is 11.9 Å². The molecular formula is C16H22N2O3. The van der Waals surface area contributed by atoms with Crippen molar-refractivity contribution in [2.45, 2.75) is 26.3 Å². The molecule has 0 aromatic heterocycles. The van der Waals surface area contributed by atoms with Crippen LogP contribution in [0, 0.1) is 11.8 Å². The first-order chi connectivity index (χ1) is 9.95. The molecule has 114 valence electrons. The van der Waals surface area contributed by atoms with Gasteiger partial charge in [0.05, 0.1) is 11.8 Å². The number of carboxylic acid groups (broad SMARTS) is 1. The normalized spacial score (nSPS) is 19.2. The summed E-state index contributed by atoms with van der Waals surface area (Å²) in [4.78, 5) is 25.7. The summed E-state index contributed by atoms with van der Waals surface area (Å²) in [6.07, 6.45) is 0. The van der Waals surface area contributed by atoms with Gasteiger partial charge in [-0.2, -0.15) is 0 Å². The molecule has 0 fully saturated rings. The number of nitrogens with two attached hydrogens (primary N) is 1. The Balaban J connectivity index is 2.29. The Morgan fingerprint density at radius 3 is 2.62 bits per heavy atom. The van der Waals surface area contributed by atoms with Crippen LogP contribution in [0.1, 0.15) is 30.9 Å². The summed E-state index contributed by atoms with van der Waals surface area (Å²) >= 11 is 0.